The van der Waals surface area contributed by atoms with Crippen LogP contribution >= 0.6 is 8.44 Å². The zero-order valence-corrected chi connectivity index (χ0v) is 11.7. The van der Waals surface area contributed by atoms with Crippen LogP contribution in [0, 0.1) is 0 Å². The summed E-state index contributed by atoms with van der Waals surface area (Å²) in [6.07, 6.45) is 1.04. The lowest BCUT2D eigenvalue weighted by atomic mass is 10.0. The summed E-state index contributed by atoms with van der Waals surface area (Å²) in [4.78, 5) is 0.863. The molecule has 2 aromatic carbocycles. The molecule has 0 spiro atoms. The van der Waals surface area contributed by atoms with Crippen molar-refractivity contribution >= 4 is 18.9 Å². The molecule has 3 heteroatoms. The maximum Gasteiger partial charge on any atom is 0.0688 e. The molecule has 0 bridgehead atoms. The minimum Gasteiger partial charge on any atom is -0.250 e. The third kappa shape index (κ3) is 2.83. The van der Waals surface area contributed by atoms with E-state index in [0.717, 1.165) is 22.4 Å². The van der Waals surface area contributed by atoms with E-state index in [2.05, 4.69) is 39.6 Å². The average Bonchev–Trinajstić information content (AvgIpc) is 2.39. The molecular weight excluding hydrogens is 247 g/mol. The van der Waals surface area contributed by atoms with E-state index in [0.29, 0.717) is 0 Å². The molecule has 0 N–H and O–H groups in total. The van der Waals surface area contributed by atoms with E-state index >= 15 is 0 Å². The predicted molar refractivity (Wildman–Crippen MR) is 77.4 cm³/mol. The van der Waals surface area contributed by atoms with Crippen LogP contribution in [-0.2, 0) is 16.8 Å². The van der Waals surface area contributed by atoms with Gasteiger partial charge in [-0.25, -0.2) is 0 Å². The van der Waals surface area contributed by atoms with E-state index in [1.807, 2.05) is 24.3 Å². The first-order chi connectivity index (χ1) is 8.22. The second kappa shape index (κ2) is 5.57. The van der Waals surface area contributed by atoms with E-state index in [1.165, 1.54) is 5.56 Å². The van der Waals surface area contributed by atoms with Crippen LogP contribution in [0.15, 0.2) is 53.4 Å². The Labute approximate surface area is 107 Å². The lowest BCUT2D eigenvalue weighted by Crippen LogP contribution is -1.88. The molecule has 0 saturated carbocycles. The van der Waals surface area contributed by atoms with Gasteiger partial charge in [-0.05, 0) is 37.6 Å². The van der Waals surface area contributed by atoms with Crippen LogP contribution in [0.25, 0.3) is 11.1 Å². The summed E-state index contributed by atoms with van der Waals surface area (Å²) in [5, 5.41) is 0. The lowest BCUT2D eigenvalue weighted by Gasteiger charge is -2.07. The molecule has 2 atom stereocenters. The molecule has 2 rings (SSSR count). The highest BCUT2D eigenvalue weighted by Crippen LogP contribution is 2.28. The normalized spacial score (nSPS) is 12.4. The van der Waals surface area contributed by atoms with Crippen molar-refractivity contribution in [1.82, 2.24) is 0 Å². The van der Waals surface area contributed by atoms with Crippen molar-refractivity contribution in [2.45, 2.75) is 18.2 Å². The molecule has 0 fully saturated rings. The second-order valence-electron chi connectivity index (χ2n) is 3.84. The monoisotopic (exact) mass is 262 g/mol. The molecule has 1 nitrogen and oxygen atoms in total. The van der Waals surface area contributed by atoms with Crippen LogP contribution in [0.5, 0.6) is 0 Å². The molecule has 88 valence electrons. The Hall–Kier alpha value is -0.980. The molecule has 0 aliphatic heterocycles. The molecular formula is C14H15OPS. The Morgan fingerprint density at radius 3 is 2.29 bits per heavy atom. The zero-order chi connectivity index (χ0) is 12.3. The fraction of sp³-hybridized carbons (Fsp3) is 0.143. The summed E-state index contributed by atoms with van der Waals surface area (Å²) in [6, 6.07) is 16.2. The third-order valence-electron chi connectivity index (χ3n) is 2.78. The molecule has 0 aliphatic rings. The highest BCUT2D eigenvalue weighted by Gasteiger charge is 2.07. The van der Waals surface area contributed by atoms with E-state index in [4.69, 9.17) is 0 Å². The Kier molecular flexibility index (Phi) is 4.09. The van der Waals surface area contributed by atoms with Gasteiger partial charge >= 0.3 is 0 Å². The van der Waals surface area contributed by atoms with Crippen molar-refractivity contribution < 1.29 is 4.21 Å². The Balaban J connectivity index is 2.48. The number of hydrogen-bond donors (Lipinski definition) is 0. The van der Waals surface area contributed by atoms with E-state index in [-0.39, 0.29) is 0 Å². The molecule has 0 radical (unpaired) electrons. The largest absolute Gasteiger partial charge is 0.250 e. The summed E-state index contributed by atoms with van der Waals surface area (Å²) in [5.41, 5.74) is 3.48. The van der Waals surface area contributed by atoms with Crippen LogP contribution in [-0.4, -0.2) is 4.21 Å². The number of benzene rings is 2. The van der Waals surface area contributed by atoms with Gasteiger partial charge in [0.05, 0.1) is 15.3 Å². The van der Waals surface area contributed by atoms with Crippen LogP contribution in [0.4, 0.5) is 0 Å². The fourth-order valence-corrected chi connectivity index (χ4v) is 3.03. The molecule has 2 unspecified atom stereocenters. The standard InChI is InChI=1S/C14H15OPS/c1-2-11-7-9-12(10-8-11)13-5-3-4-6-14(13)17(15)16/h3-10H,2,16H2,1H3. The van der Waals surface area contributed by atoms with Gasteiger partial charge in [-0.1, -0.05) is 49.4 Å². The van der Waals surface area contributed by atoms with Crippen molar-refractivity contribution in [2.75, 3.05) is 0 Å². The molecule has 0 amide bonds. The van der Waals surface area contributed by atoms with Crippen molar-refractivity contribution in [1.29, 1.82) is 0 Å². The summed E-state index contributed by atoms with van der Waals surface area (Å²) in [7, 11) is 1.32. The van der Waals surface area contributed by atoms with Gasteiger partial charge in [0.1, 0.15) is 0 Å². The SMILES string of the molecule is CCc1ccc(-c2ccccc2S(=O)P)cc1. The molecule has 0 aliphatic carbocycles. The van der Waals surface area contributed by atoms with Gasteiger partial charge in [0, 0.05) is 0 Å². The Morgan fingerprint density at radius 2 is 1.71 bits per heavy atom. The van der Waals surface area contributed by atoms with Crippen LogP contribution < -0.4 is 0 Å². The topological polar surface area (TPSA) is 17.1 Å². The molecule has 17 heavy (non-hydrogen) atoms. The molecule has 0 heterocycles. The number of aryl methyl sites for hydroxylation is 1. The van der Waals surface area contributed by atoms with Crippen molar-refractivity contribution in [3.63, 3.8) is 0 Å². The van der Waals surface area contributed by atoms with Gasteiger partial charge in [0.15, 0.2) is 0 Å². The van der Waals surface area contributed by atoms with Crippen LogP contribution in [0.3, 0.4) is 0 Å². The number of rotatable bonds is 3. The summed E-state index contributed by atoms with van der Waals surface area (Å²) < 4.78 is 11.6. The minimum absolute atomic E-state index is 0.863. The predicted octanol–water partition coefficient (Wildman–Crippen LogP) is 3.81. The highest BCUT2D eigenvalue weighted by atomic mass is 32.7. The van der Waals surface area contributed by atoms with Gasteiger partial charge in [-0.15, -0.1) is 0 Å². The van der Waals surface area contributed by atoms with E-state index < -0.39 is 10.4 Å². The first-order valence-corrected chi connectivity index (χ1v) is 8.19. The summed E-state index contributed by atoms with van der Waals surface area (Å²) in [5.74, 6) is 0. The van der Waals surface area contributed by atoms with Crippen molar-refractivity contribution in [2.24, 2.45) is 0 Å². The summed E-state index contributed by atoms with van der Waals surface area (Å²) in [6.45, 7) is 2.14. The van der Waals surface area contributed by atoms with Crippen molar-refractivity contribution in [3.05, 3.63) is 54.1 Å². The molecule has 0 aromatic heterocycles. The minimum atomic E-state index is -1.03. The molecule has 0 saturated heterocycles. The first kappa shape index (κ1) is 12.5. The lowest BCUT2D eigenvalue weighted by molar-refractivity contribution is 0.692. The van der Waals surface area contributed by atoms with Gasteiger partial charge in [0.2, 0.25) is 0 Å². The number of hydrogen-bond acceptors (Lipinski definition) is 1. The van der Waals surface area contributed by atoms with Gasteiger partial charge < -0.3 is 0 Å². The fourth-order valence-electron chi connectivity index (χ4n) is 1.80. The van der Waals surface area contributed by atoms with Gasteiger partial charge in [-0.2, -0.15) is 0 Å². The molecule has 2 aromatic rings. The van der Waals surface area contributed by atoms with E-state index in [1.54, 1.807) is 0 Å². The van der Waals surface area contributed by atoms with Crippen LogP contribution in [0.2, 0.25) is 0 Å². The van der Waals surface area contributed by atoms with Crippen LogP contribution in [0.1, 0.15) is 12.5 Å². The summed E-state index contributed by atoms with van der Waals surface area (Å²) >= 11 is 0. The third-order valence-corrected chi connectivity index (χ3v) is 4.33. The smallest absolute Gasteiger partial charge is 0.0688 e. The highest BCUT2D eigenvalue weighted by molar-refractivity contribution is 8.33. The van der Waals surface area contributed by atoms with Gasteiger partial charge in [0.25, 0.3) is 0 Å². The average molecular weight is 262 g/mol. The van der Waals surface area contributed by atoms with E-state index in [9.17, 15) is 4.21 Å². The maximum atomic E-state index is 11.6. The second-order valence-corrected chi connectivity index (χ2v) is 6.16. The van der Waals surface area contributed by atoms with Crippen molar-refractivity contribution in [3.8, 4) is 11.1 Å². The Morgan fingerprint density at radius 1 is 1.06 bits per heavy atom. The first-order valence-electron chi connectivity index (χ1n) is 5.57. The zero-order valence-electron chi connectivity index (χ0n) is 9.72. The van der Waals surface area contributed by atoms with Gasteiger partial charge in [-0.3, -0.25) is 4.21 Å². The quantitative estimate of drug-likeness (QED) is 0.769. The maximum absolute atomic E-state index is 11.6. The Bertz CT molecular complexity index is 534.